The number of oxazole rings is 1. The van der Waals surface area contributed by atoms with E-state index in [0.717, 1.165) is 39.0 Å². The molecule has 2 heterocycles. The Labute approximate surface area is 145 Å². The molecular formula is C18H21FN4O2. The molecular weight excluding hydrogens is 323 g/mol. The fourth-order valence-electron chi connectivity index (χ4n) is 3.02. The summed E-state index contributed by atoms with van der Waals surface area (Å²) in [5.41, 5.74) is 0.990. The molecule has 0 radical (unpaired) electrons. The van der Waals surface area contributed by atoms with Crippen LogP contribution in [0.2, 0.25) is 0 Å². The Morgan fingerprint density at radius 2 is 2.00 bits per heavy atom. The summed E-state index contributed by atoms with van der Waals surface area (Å²) in [4.78, 5) is 20.5. The number of amides is 1. The number of nitrogens with zero attached hydrogens (tertiary/aromatic N) is 3. The molecule has 4 rings (SSSR count). The van der Waals surface area contributed by atoms with Crippen molar-refractivity contribution in [2.75, 3.05) is 31.1 Å². The summed E-state index contributed by atoms with van der Waals surface area (Å²) in [7, 11) is 0. The number of para-hydroxylation sites is 1. The van der Waals surface area contributed by atoms with Crippen molar-refractivity contribution in [2.45, 2.75) is 25.4 Å². The van der Waals surface area contributed by atoms with Gasteiger partial charge in [-0.1, -0.05) is 12.1 Å². The normalized spacial score (nSPS) is 18.4. The molecule has 1 aliphatic heterocycles. The first-order chi connectivity index (χ1) is 12.2. The van der Waals surface area contributed by atoms with Crippen LogP contribution in [0.3, 0.4) is 0 Å². The lowest BCUT2D eigenvalue weighted by Gasteiger charge is -2.35. The second kappa shape index (κ2) is 6.84. The molecule has 1 aromatic heterocycles. The number of halogens is 1. The van der Waals surface area contributed by atoms with Crippen molar-refractivity contribution in [3.8, 4) is 0 Å². The van der Waals surface area contributed by atoms with Gasteiger partial charge in [-0.05, 0) is 25.0 Å². The summed E-state index contributed by atoms with van der Waals surface area (Å²) in [5.74, 6) is 0.192. The van der Waals surface area contributed by atoms with Crippen molar-refractivity contribution in [2.24, 2.45) is 0 Å². The second-order valence-electron chi connectivity index (χ2n) is 6.59. The Morgan fingerprint density at radius 3 is 2.72 bits per heavy atom. The number of rotatable bonds is 5. The summed E-state index contributed by atoms with van der Waals surface area (Å²) < 4.78 is 19.3. The van der Waals surface area contributed by atoms with Gasteiger partial charge in [0.15, 0.2) is 5.69 Å². The molecule has 0 spiro atoms. The van der Waals surface area contributed by atoms with Crippen LogP contribution < -0.4 is 10.2 Å². The molecule has 2 aromatic rings. The zero-order valence-electron chi connectivity index (χ0n) is 13.9. The summed E-state index contributed by atoms with van der Waals surface area (Å²) in [5, 5.41) is 2.90. The molecule has 2 aliphatic rings. The third-order valence-corrected chi connectivity index (χ3v) is 4.62. The lowest BCUT2D eigenvalue weighted by Crippen LogP contribution is -2.46. The first-order valence-electron chi connectivity index (χ1n) is 8.66. The molecule has 1 amide bonds. The van der Waals surface area contributed by atoms with Gasteiger partial charge in [0, 0.05) is 32.2 Å². The third kappa shape index (κ3) is 3.82. The highest BCUT2D eigenvalue weighted by atomic mass is 19.1. The monoisotopic (exact) mass is 344 g/mol. The van der Waals surface area contributed by atoms with Crippen LogP contribution in [-0.2, 0) is 6.54 Å². The molecule has 1 N–H and O–H groups in total. The van der Waals surface area contributed by atoms with E-state index in [4.69, 9.17) is 4.42 Å². The zero-order chi connectivity index (χ0) is 17.2. The number of carbonyl (C=O) groups is 1. The van der Waals surface area contributed by atoms with E-state index in [0.29, 0.717) is 29.9 Å². The van der Waals surface area contributed by atoms with Gasteiger partial charge in [0.1, 0.15) is 12.1 Å². The van der Waals surface area contributed by atoms with Gasteiger partial charge in [0.05, 0.1) is 12.2 Å². The van der Waals surface area contributed by atoms with Crippen LogP contribution in [0.25, 0.3) is 0 Å². The first kappa shape index (κ1) is 16.1. The minimum atomic E-state index is -0.185. The van der Waals surface area contributed by atoms with E-state index >= 15 is 0 Å². The fraction of sp³-hybridized carbons (Fsp3) is 0.444. The van der Waals surface area contributed by atoms with Gasteiger partial charge in [-0.3, -0.25) is 9.69 Å². The molecule has 2 fully saturated rings. The highest BCUT2D eigenvalue weighted by Gasteiger charge is 2.26. The second-order valence-corrected chi connectivity index (χ2v) is 6.59. The standard InChI is InChI=1S/C18H21FN4O2/c19-14-3-1-2-4-16(14)23-9-7-22(8-10-23)11-17-21-15(12-25-17)18(24)20-13-5-6-13/h1-4,12-13H,5-11H2,(H,20,24). The zero-order valence-corrected chi connectivity index (χ0v) is 13.9. The Kier molecular flexibility index (Phi) is 4.40. The molecule has 6 nitrogen and oxygen atoms in total. The van der Waals surface area contributed by atoms with Crippen LogP contribution in [0.4, 0.5) is 10.1 Å². The average molecular weight is 344 g/mol. The quantitative estimate of drug-likeness (QED) is 0.899. The van der Waals surface area contributed by atoms with Crippen LogP contribution in [0.5, 0.6) is 0 Å². The maximum Gasteiger partial charge on any atom is 0.273 e. The predicted octanol–water partition coefficient (Wildman–Crippen LogP) is 2.03. The summed E-state index contributed by atoms with van der Waals surface area (Å²) in [6.45, 7) is 3.63. The van der Waals surface area contributed by atoms with Gasteiger partial charge in [-0.25, -0.2) is 9.37 Å². The molecule has 0 bridgehead atoms. The molecule has 1 aliphatic carbocycles. The maximum atomic E-state index is 13.9. The van der Waals surface area contributed by atoms with E-state index in [1.54, 1.807) is 6.07 Å². The van der Waals surface area contributed by atoms with Crippen molar-refractivity contribution in [1.82, 2.24) is 15.2 Å². The number of piperazine rings is 1. The molecule has 7 heteroatoms. The van der Waals surface area contributed by atoms with E-state index in [2.05, 4.69) is 20.1 Å². The molecule has 1 saturated heterocycles. The fourth-order valence-corrected chi connectivity index (χ4v) is 3.02. The van der Waals surface area contributed by atoms with Crippen molar-refractivity contribution >= 4 is 11.6 Å². The molecule has 0 unspecified atom stereocenters. The lowest BCUT2D eigenvalue weighted by atomic mass is 10.2. The van der Waals surface area contributed by atoms with Gasteiger partial charge in [0.2, 0.25) is 5.89 Å². The Morgan fingerprint density at radius 1 is 1.24 bits per heavy atom. The Hall–Kier alpha value is -2.41. The van der Waals surface area contributed by atoms with Crippen molar-refractivity contribution < 1.29 is 13.6 Å². The number of benzene rings is 1. The number of aromatic nitrogens is 1. The predicted molar refractivity (Wildman–Crippen MR) is 90.9 cm³/mol. The first-order valence-corrected chi connectivity index (χ1v) is 8.66. The van der Waals surface area contributed by atoms with E-state index in [-0.39, 0.29) is 11.7 Å². The smallest absolute Gasteiger partial charge is 0.273 e. The molecule has 1 saturated carbocycles. The van der Waals surface area contributed by atoms with Crippen molar-refractivity contribution in [1.29, 1.82) is 0 Å². The van der Waals surface area contributed by atoms with Crippen LogP contribution >= 0.6 is 0 Å². The Bertz CT molecular complexity index is 751. The minimum Gasteiger partial charge on any atom is -0.447 e. The number of hydrogen-bond acceptors (Lipinski definition) is 5. The molecule has 132 valence electrons. The van der Waals surface area contributed by atoms with Gasteiger partial charge in [-0.2, -0.15) is 0 Å². The summed E-state index contributed by atoms with van der Waals surface area (Å²) >= 11 is 0. The topological polar surface area (TPSA) is 61.6 Å². The van der Waals surface area contributed by atoms with Gasteiger partial charge < -0.3 is 14.6 Å². The Balaban J connectivity index is 1.30. The number of anilines is 1. The third-order valence-electron chi connectivity index (χ3n) is 4.62. The van der Waals surface area contributed by atoms with Crippen LogP contribution in [-0.4, -0.2) is 48.0 Å². The van der Waals surface area contributed by atoms with E-state index < -0.39 is 0 Å². The lowest BCUT2D eigenvalue weighted by molar-refractivity contribution is 0.0946. The molecule has 25 heavy (non-hydrogen) atoms. The largest absolute Gasteiger partial charge is 0.447 e. The SMILES string of the molecule is O=C(NC1CC1)c1coc(CN2CCN(c3ccccc3F)CC2)n1. The maximum absolute atomic E-state index is 13.9. The highest BCUT2D eigenvalue weighted by molar-refractivity contribution is 5.92. The molecule has 1 aromatic carbocycles. The number of carbonyl (C=O) groups excluding carboxylic acids is 1. The van der Waals surface area contributed by atoms with Crippen molar-refractivity contribution in [3.05, 3.63) is 47.9 Å². The summed E-state index contributed by atoms with van der Waals surface area (Å²) in [6, 6.07) is 7.16. The van der Waals surface area contributed by atoms with Crippen LogP contribution in [0.1, 0.15) is 29.2 Å². The van der Waals surface area contributed by atoms with E-state index in [1.165, 1.54) is 12.3 Å². The number of nitrogens with one attached hydrogen (secondary N) is 1. The van der Waals surface area contributed by atoms with Gasteiger partial charge in [0.25, 0.3) is 5.91 Å². The minimum absolute atomic E-state index is 0.165. The average Bonchev–Trinajstić information content (AvgIpc) is 3.31. The highest BCUT2D eigenvalue weighted by Crippen LogP contribution is 2.21. The number of hydrogen-bond donors (Lipinski definition) is 1. The van der Waals surface area contributed by atoms with E-state index in [9.17, 15) is 9.18 Å². The summed E-state index contributed by atoms with van der Waals surface area (Å²) in [6.07, 6.45) is 3.51. The van der Waals surface area contributed by atoms with Gasteiger partial charge in [-0.15, -0.1) is 0 Å². The van der Waals surface area contributed by atoms with Crippen molar-refractivity contribution in [3.63, 3.8) is 0 Å². The van der Waals surface area contributed by atoms with Crippen LogP contribution in [0, 0.1) is 5.82 Å². The molecule has 0 atom stereocenters. The van der Waals surface area contributed by atoms with Gasteiger partial charge >= 0.3 is 0 Å². The van der Waals surface area contributed by atoms with Crippen LogP contribution in [0.15, 0.2) is 34.9 Å². The van der Waals surface area contributed by atoms with E-state index in [1.807, 2.05) is 12.1 Å².